The van der Waals surface area contributed by atoms with Crippen LogP contribution in [0.3, 0.4) is 0 Å². The largest absolute Gasteiger partial charge is 0.414 e. The third-order valence-electron chi connectivity index (χ3n) is 3.06. The predicted octanol–water partition coefficient (Wildman–Crippen LogP) is 2.38. The lowest BCUT2D eigenvalue weighted by Crippen LogP contribution is -2.42. The molecule has 3 atom stereocenters. The Morgan fingerprint density at radius 2 is 2.24 bits per heavy atom. The van der Waals surface area contributed by atoms with E-state index in [-0.39, 0.29) is 0 Å². The molecule has 1 N–H and O–H groups in total. The molecule has 0 amide bonds. The number of halogens is 3. The van der Waals surface area contributed by atoms with E-state index in [0.717, 1.165) is 6.92 Å². The summed E-state index contributed by atoms with van der Waals surface area (Å²) in [7, 11) is 0. The third-order valence-corrected chi connectivity index (χ3v) is 3.06. The molecule has 0 radical (unpaired) electrons. The van der Waals surface area contributed by atoms with Crippen LogP contribution >= 0.6 is 0 Å². The lowest BCUT2D eigenvalue weighted by Gasteiger charge is -2.24. The molecule has 0 heterocycles. The number of hydrogen-bond donors (Lipinski definition) is 1. The first-order chi connectivity index (χ1) is 7.83. The molecule has 1 aliphatic carbocycles. The Kier molecular flexibility index (Phi) is 4.39. The molecule has 0 aromatic carbocycles. The first-order valence-electron chi connectivity index (χ1n) is 5.71. The van der Waals surface area contributed by atoms with Crippen molar-refractivity contribution in [3.63, 3.8) is 0 Å². The molecule has 0 aromatic heterocycles. The van der Waals surface area contributed by atoms with Crippen LogP contribution in [0.5, 0.6) is 0 Å². The highest BCUT2D eigenvalue weighted by Crippen LogP contribution is 2.34. The van der Waals surface area contributed by atoms with Gasteiger partial charge in [0.15, 0.2) is 6.10 Å². The summed E-state index contributed by atoms with van der Waals surface area (Å²) in [5.41, 5.74) is -0.718. The normalized spacial score (nSPS) is 31.2. The van der Waals surface area contributed by atoms with E-state index in [9.17, 15) is 13.2 Å². The number of alkyl halides is 3. The van der Waals surface area contributed by atoms with Crippen molar-refractivity contribution in [2.45, 2.75) is 57.0 Å². The zero-order valence-electron chi connectivity index (χ0n) is 9.97. The topological polar surface area (TPSA) is 45.0 Å². The Balaban J connectivity index is 2.54. The van der Waals surface area contributed by atoms with Crippen molar-refractivity contribution in [1.82, 2.24) is 5.32 Å². The number of nitrogens with zero attached hydrogens (tertiary/aromatic N) is 1. The minimum absolute atomic E-state index is 0.317. The summed E-state index contributed by atoms with van der Waals surface area (Å²) in [6, 6.07) is 2.15. The van der Waals surface area contributed by atoms with E-state index >= 15 is 0 Å². The van der Waals surface area contributed by atoms with Gasteiger partial charge in [-0.05, 0) is 26.3 Å². The van der Waals surface area contributed by atoms with Gasteiger partial charge in [-0.1, -0.05) is 6.92 Å². The Hall–Kier alpha value is -0.800. The summed E-state index contributed by atoms with van der Waals surface area (Å²) in [6.45, 7) is 3.49. The highest BCUT2D eigenvalue weighted by atomic mass is 19.4. The van der Waals surface area contributed by atoms with Crippen molar-refractivity contribution >= 4 is 0 Å². The van der Waals surface area contributed by atoms with E-state index in [0.29, 0.717) is 25.8 Å². The fourth-order valence-electron chi connectivity index (χ4n) is 2.12. The predicted molar refractivity (Wildman–Crippen MR) is 56.3 cm³/mol. The van der Waals surface area contributed by atoms with Crippen LogP contribution in [0, 0.1) is 11.3 Å². The van der Waals surface area contributed by atoms with Gasteiger partial charge in [-0.2, -0.15) is 18.4 Å². The summed E-state index contributed by atoms with van der Waals surface area (Å²) >= 11 is 0. The summed E-state index contributed by atoms with van der Waals surface area (Å²) in [5.74, 6) is 0. The van der Waals surface area contributed by atoms with Gasteiger partial charge in [-0.3, -0.25) is 5.32 Å². The van der Waals surface area contributed by atoms with Crippen molar-refractivity contribution in [3.8, 4) is 6.07 Å². The van der Waals surface area contributed by atoms with Gasteiger partial charge in [0, 0.05) is 6.42 Å². The number of ether oxygens (including phenoxy) is 1. The van der Waals surface area contributed by atoms with Crippen molar-refractivity contribution in [3.05, 3.63) is 0 Å². The summed E-state index contributed by atoms with van der Waals surface area (Å²) < 4.78 is 41.9. The van der Waals surface area contributed by atoms with Gasteiger partial charge < -0.3 is 4.74 Å². The second-order valence-corrected chi connectivity index (χ2v) is 4.41. The molecule has 1 saturated carbocycles. The third kappa shape index (κ3) is 3.58. The van der Waals surface area contributed by atoms with Crippen molar-refractivity contribution in [1.29, 1.82) is 5.26 Å². The maximum absolute atomic E-state index is 12.3. The maximum Gasteiger partial charge on any atom is 0.414 e. The molecule has 0 aromatic rings. The van der Waals surface area contributed by atoms with Gasteiger partial charge in [0.2, 0.25) is 0 Å². The van der Waals surface area contributed by atoms with Gasteiger partial charge >= 0.3 is 6.18 Å². The highest BCUT2D eigenvalue weighted by molar-refractivity contribution is 5.12. The fraction of sp³-hybridized carbons (Fsp3) is 0.909. The van der Waals surface area contributed by atoms with E-state index in [1.807, 2.05) is 6.92 Å². The van der Waals surface area contributed by atoms with Crippen molar-refractivity contribution in [2.75, 3.05) is 6.54 Å². The van der Waals surface area contributed by atoms with Crippen LogP contribution in [0.1, 0.15) is 33.1 Å². The number of nitrogens with one attached hydrogen (secondary N) is 1. The van der Waals surface area contributed by atoms with Crippen LogP contribution in [-0.2, 0) is 4.74 Å². The molecule has 0 bridgehead atoms. The second-order valence-electron chi connectivity index (χ2n) is 4.41. The standard InChI is InChI=1S/C11H17F3N2O/c1-3-16-10(7-15)5-4-9(6-10)17-8(2)11(12,13)14/h8-9,16H,3-6H2,1-2H3. The first-order valence-corrected chi connectivity index (χ1v) is 5.71. The van der Waals surface area contributed by atoms with E-state index < -0.39 is 23.9 Å². The SMILES string of the molecule is CCNC1(C#N)CCC(OC(C)C(F)(F)F)C1. The Bertz CT molecular complexity index is 300. The number of nitriles is 1. The molecule has 1 rings (SSSR count). The highest BCUT2D eigenvalue weighted by Gasteiger charge is 2.44. The van der Waals surface area contributed by atoms with Crippen LogP contribution in [0.25, 0.3) is 0 Å². The molecular formula is C11H17F3N2O. The Labute approximate surface area is 98.9 Å². The van der Waals surface area contributed by atoms with Crippen molar-refractivity contribution in [2.24, 2.45) is 0 Å². The molecule has 0 saturated heterocycles. The lowest BCUT2D eigenvalue weighted by atomic mass is 10.00. The Morgan fingerprint density at radius 3 is 2.71 bits per heavy atom. The summed E-state index contributed by atoms with van der Waals surface area (Å²) in [4.78, 5) is 0. The van der Waals surface area contributed by atoms with Gasteiger partial charge in [0.25, 0.3) is 0 Å². The molecular weight excluding hydrogens is 233 g/mol. The van der Waals surface area contributed by atoms with Crippen LogP contribution in [0.4, 0.5) is 13.2 Å². The number of hydrogen-bond acceptors (Lipinski definition) is 3. The monoisotopic (exact) mass is 250 g/mol. The summed E-state index contributed by atoms with van der Waals surface area (Å²) in [5, 5.41) is 12.1. The van der Waals surface area contributed by atoms with E-state index in [1.165, 1.54) is 0 Å². The average molecular weight is 250 g/mol. The van der Waals surface area contributed by atoms with E-state index in [1.54, 1.807) is 0 Å². The van der Waals surface area contributed by atoms with Crippen LogP contribution in [0.2, 0.25) is 0 Å². The van der Waals surface area contributed by atoms with Gasteiger partial charge in [-0.15, -0.1) is 0 Å². The molecule has 3 nitrogen and oxygen atoms in total. The van der Waals surface area contributed by atoms with Crippen LogP contribution < -0.4 is 5.32 Å². The van der Waals surface area contributed by atoms with Crippen LogP contribution in [0.15, 0.2) is 0 Å². The van der Waals surface area contributed by atoms with Gasteiger partial charge in [-0.25, -0.2) is 0 Å². The second kappa shape index (κ2) is 5.23. The van der Waals surface area contributed by atoms with Gasteiger partial charge in [0.05, 0.1) is 12.2 Å². The van der Waals surface area contributed by atoms with E-state index in [2.05, 4.69) is 11.4 Å². The first kappa shape index (κ1) is 14.3. The van der Waals surface area contributed by atoms with Gasteiger partial charge in [0.1, 0.15) is 5.54 Å². The minimum atomic E-state index is -4.34. The molecule has 1 fully saturated rings. The maximum atomic E-state index is 12.3. The molecule has 98 valence electrons. The molecule has 1 aliphatic rings. The fourth-order valence-corrected chi connectivity index (χ4v) is 2.12. The Morgan fingerprint density at radius 1 is 1.59 bits per heavy atom. The minimum Gasteiger partial charge on any atom is -0.366 e. The lowest BCUT2D eigenvalue weighted by molar-refractivity contribution is -0.226. The average Bonchev–Trinajstić information content (AvgIpc) is 2.61. The molecule has 17 heavy (non-hydrogen) atoms. The summed E-state index contributed by atoms with van der Waals surface area (Å²) in [6.07, 6.45) is -5.27. The molecule has 0 spiro atoms. The van der Waals surface area contributed by atoms with E-state index in [4.69, 9.17) is 10.00 Å². The zero-order valence-corrected chi connectivity index (χ0v) is 9.97. The molecule has 0 aliphatic heterocycles. The quantitative estimate of drug-likeness (QED) is 0.833. The van der Waals surface area contributed by atoms with Crippen LogP contribution in [-0.4, -0.2) is 30.5 Å². The molecule has 6 heteroatoms. The van der Waals surface area contributed by atoms with Crippen molar-refractivity contribution < 1.29 is 17.9 Å². The smallest absolute Gasteiger partial charge is 0.366 e. The number of rotatable bonds is 4. The zero-order chi connectivity index (χ0) is 13.1. The molecule has 3 unspecified atom stereocenters.